The minimum absolute atomic E-state index is 0.00676. The van der Waals surface area contributed by atoms with Crippen molar-refractivity contribution >= 4 is 40.8 Å². The van der Waals surface area contributed by atoms with Crippen molar-refractivity contribution in [2.75, 3.05) is 0 Å². The Kier molecular flexibility index (Phi) is 3.70. The summed E-state index contributed by atoms with van der Waals surface area (Å²) in [6.45, 7) is 1.82. The van der Waals surface area contributed by atoms with Crippen LogP contribution < -0.4 is 0 Å². The van der Waals surface area contributed by atoms with Crippen LogP contribution in [0.1, 0.15) is 5.56 Å². The van der Waals surface area contributed by atoms with Gasteiger partial charge in [0.1, 0.15) is 0 Å². The van der Waals surface area contributed by atoms with Crippen LogP contribution in [0.5, 0.6) is 0 Å². The molecule has 3 aromatic rings. The van der Waals surface area contributed by atoms with Crippen LogP contribution in [0.15, 0.2) is 58.6 Å². The molecule has 0 saturated carbocycles. The van der Waals surface area contributed by atoms with E-state index in [1.165, 1.54) is 24.4 Å². The van der Waals surface area contributed by atoms with Gasteiger partial charge in [-0.2, -0.15) is 0 Å². The van der Waals surface area contributed by atoms with Gasteiger partial charge in [-0.15, -0.1) is 0 Å². The first-order valence-corrected chi connectivity index (χ1v) is 10.2. The first-order valence-electron chi connectivity index (χ1n) is 6.44. The van der Waals surface area contributed by atoms with Crippen molar-refractivity contribution in [3.05, 3.63) is 54.2 Å². The maximum Gasteiger partial charge on any atom is 0.277 e. The van der Waals surface area contributed by atoms with Crippen LogP contribution in [0.4, 0.5) is 0 Å². The average Bonchev–Trinajstić information content (AvgIpc) is 2.88. The maximum atomic E-state index is 12.9. The summed E-state index contributed by atoms with van der Waals surface area (Å²) in [5.41, 5.74) is 0.886. The first kappa shape index (κ1) is 16.0. The van der Waals surface area contributed by atoms with Crippen molar-refractivity contribution in [3.63, 3.8) is 0 Å². The SMILES string of the molecule is Cc1ccc(S(=O)(=O)n2c(S(=O)(=O)Cl)cc3cccnc32)cc1. The number of pyridine rings is 1. The minimum Gasteiger partial charge on any atom is -0.237 e. The molecule has 0 amide bonds. The number of fused-ring (bicyclic) bond motifs is 1. The molecule has 0 spiro atoms. The normalized spacial score (nSPS) is 12.6. The molecule has 9 heteroatoms. The van der Waals surface area contributed by atoms with Gasteiger partial charge in [-0.25, -0.2) is 25.8 Å². The Morgan fingerprint density at radius 2 is 1.70 bits per heavy atom. The van der Waals surface area contributed by atoms with E-state index in [2.05, 4.69) is 4.98 Å². The quantitative estimate of drug-likeness (QED) is 0.661. The smallest absolute Gasteiger partial charge is 0.237 e. The molecule has 2 aromatic heterocycles. The predicted octanol–water partition coefficient (Wildman–Crippen LogP) is 2.51. The number of hydrogen-bond donors (Lipinski definition) is 0. The molecular weight excluding hydrogens is 360 g/mol. The molecule has 1 aromatic carbocycles. The second-order valence-corrected chi connectivity index (χ2v) is 9.22. The number of aryl methyl sites for hydroxylation is 1. The summed E-state index contributed by atoms with van der Waals surface area (Å²) >= 11 is 0. The van der Waals surface area contributed by atoms with Crippen LogP contribution in [0.3, 0.4) is 0 Å². The second-order valence-electron chi connectivity index (χ2n) is 4.92. The summed E-state index contributed by atoms with van der Waals surface area (Å²) in [7, 11) is -3.03. The Labute approximate surface area is 137 Å². The standard InChI is InChI=1S/C14H11ClN2O4S2/c1-10-4-6-12(7-5-10)23(20,21)17-13(22(15,18)19)9-11-3-2-8-16-14(11)17/h2-9H,1H3. The summed E-state index contributed by atoms with van der Waals surface area (Å²) in [4.78, 5) is 3.94. The highest BCUT2D eigenvalue weighted by molar-refractivity contribution is 8.14. The van der Waals surface area contributed by atoms with Crippen LogP contribution in [-0.2, 0) is 19.1 Å². The average molecular weight is 371 g/mol. The van der Waals surface area contributed by atoms with Gasteiger partial charge in [-0.3, -0.25) is 0 Å². The van der Waals surface area contributed by atoms with Gasteiger partial charge in [-0.1, -0.05) is 17.7 Å². The zero-order chi connectivity index (χ0) is 16.8. The summed E-state index contributed by atoms with van der Waals surface area (Å²) in [5.74, 6) is 0. The van der Waals surface area contributed by atoms with E-state index in [0.29, 0.717) is 9.36 Å². The fourth-order valence-corrected chi connectivity index (χ4v) is 5.17. The molecule has 0 atom stereocenters. The number of nitrogens with zero attached hydrogens (tertiary/aromatic N) is 2. The number of aromatic nitrogens is 2. The largest absolute Gasteiger partial charge is 0.277 e. The van der Waals surface area contributed by atoms with E-state index in [4.69, 9.17) is 10.7 Å². The third-order valence-electron chi connectivity index (χ3n) is 3.30. The van der Waals surface area contributed by atoms with E-state index >= 15 is 0 Å². The molecule has 0 aliphatic heterocycles. The minimum atomic E-state index is -4.28. The fraction of sp³-hybridized carbons (Fsp3) is 0.0714. The molecule has 6 nitrogen and oxygen atoms in total. The molecule has 0 N–H and O–H groups in total. The Bertz CT molecular complexity index is 1100. The van der Waals surface area contributed by atoms with E-state index in [0.717, 1.165) is 5.56 Å². The van der Waals surface area contributed by atoms with Crippen LogP contribution in [0.2, 0.25) is 0 Å². The van der Waals surface area contributed by atoms with Gasteiger partial charge in [0.2, 0.25) is 0 Å². The third kappa shape index (κ3) is 2.73. The van der Waals surface area contributed by atoms with Crippen LogP contribution in [-0.4, -0.2) is 25.8 Å². The zero-order valence-electron chi connectivity index (χ0n) is 11.8. The van der Waals surface area contributed by atoms with E-state index in [1.54, 1.807) is 24.3 Å². The Morgan fingerprint density at radius 3 is 2.30 bits per heavy atom. The van der Waals surface area contributed by atoms with Crippen LogP contribution in [0.25, 0.3) is 11.0 Å². The topological polar surface area (TPSA) is 86.1 Å². The van der Waals surface area contributed by atoms with Crippen molar-refractivity contribution < 1.29 is 16.8 Å². The molecule has 3 rings (SSSR count). The molecule has 0 fully saturated rings. The molecule has 0 saturated heterocycles. The van der Waals surface area contributed by atoms with Crippen molar-refractivity contribution in [1.29, 1.82) is 0 Å². The van der Waals surface area contributed by atoms with Crippen molar-refractivity contribution in [1.82, 2.24) is 8.96 Å². The highest BCUT2D eigenvalue weighted by Gasteiger charge is 2.29. The van der Waals surface area contributed by atoms with Gasteiger partial charge in [0.25, 0.3) is 19.1 Å². The lowest BCUT2D eigenvalue weighted by atomic mass is 10.2. The summed E-state index contributed by atoms with van der Waals surface area (Å²) in [6, 6.07) is 10.4. The highest BCUT2D eigenvalue weighted by Crippen LogP contribution is 2.29. The molecule has 0 bridgehead atoms. The van der Waals surface area contributed by atoms with Crippen molar-refractivity contribution in [3.8, 4) is 0 Å². The Balaban J connectivity index is 2.41. The third-order valence-corrected chi connectivity index (χ3v) is 6.41. The molecule has 0 radical (unpaired) electrons. The lowest BCUT2D eigenvalue weighted by molar-refractivity contribution is 0.578. The van der Waals surface area contributed by atoms with Crippen molar-refractivity contribution in [2.45, 2.75) is 16.8 Å². The van der Waals surface area contributed by atoms with Crippen LogP contribution in [0, 0.1) is 6.92 Å². The van der Waals surface area contributed by atoms with E-state index in [1.807, 2.05) is 6.92 Å². The lowest BCUT2D eigenvalue weighted by Crippen LogP contribution is -2.17. The first-order chi connectivity index (χ1) is 10.7. The molecule has 0 aliphatic rings. The van der Waals surface area contributed by atoms with Gasteiger partial charge in [-0.05, 0) is 37.3 Å². The number of hydrogen-bond acceptors (Lipinski definition) is 5. The number of rotatable bonds is 3. The molecule has 0 aliphatic carbocycles. The number of halogens is 1. The van der Waals surface area contributed by atoms with Gasteiger partial charge < -0.3 is 0 Å². The fourth-order valence-electron chi connectivity index (χ4n) is 2.21. The zero-order valence-corrected chi connectivity index (χ0v) is 14.2. The van der Waals surface area contributed by atoms with E-state index < -0.39 is 24.1 Å². The van der Waals surface area contributed by atoms with E-state index in [-0.39, 0.29) is 10.5 Å². The van der Waals surface area contributed by atoms with Gasteiger partial charge in [0.15, 0.2) is 10.7 Å². The summed E-state index contributed by atoms with van der Waals surface area (Å²) in [5, 5.41) is -0.171. The van der Waals surface area contributed by atoms with Crippen LogP contribution >= 0.6 is 10.7 Å². The molecular formula is C14H11ClN2O4S2. The molecule has 120 valence electrons. The Hall–Kier alpha value is -1.90. The highest BCUT2D eigenvalue weighted by atomic mass is 35.7. The molecule has 23 heavy (non-hydrogen) atoms. The summed E-state index contributed by atoms with van der Waals surface area (Å²) in [6.07, 6.45) is 1.38. The Morgan fingerprint density at radius 1 is 1.04 bits per heavy atom. The molecule has 0 unspecified atom stereocenters. The predicted molar refractivity (Wildman–Crippen MR) is 86.5 cm³/mol. The van der Waals surface area contributed by atoms with Gasteiger partial charge in [0, 0.05) is 22.3 Å². The van der Waals surface area contributed by atoms with Gasteiger partial charge >= 0.3 is 0 Å². The summed E-state index contributed by atoms with van der Waals surface area (Å²) < 4.78 is 50.1. The lowest BCUT2D eigenvalue weighted by Gasteiger charge is -2.09. The molecule has 2 heterocycles. The second kappa shape index (κ2) is 5.33. The monoisotopic (exact) mass is 370 g/mol. The van der Waals surface area contributed by atoms with E-state index in [9.17, 15) is 16.8 Å². The van der Waals surface area contributed by atoms with Crippen molar-refractivity contribution in [2.24, 2.45) is 0 Å². The van der Waals surface area contributed by atoms with Gasteiger partial charge in [0.05, 0.1) is 4.90 Å². The number of benzene rings is 1. The maximum absolute atomic E-state index is 12.9.